The fourth-order valence-electron chi connectivity index (χ4n) is 2.17. The number of nitrogens with one attached hydrogen (secondary N) is 1. The molecule has 0 aliphatic carbocycles. The molecule has 1 rings (SSSR count). The van der Waals surface area contributed by atoms with E-state index in [1.807, 2.05) is 27.7 Å². The van der Waals surface area contributed by atoms with Crippen LogP contribution in [0.5, 0.6) is 0 Å². The van der Waals surface area contributed by atoms with Gasteiger partial charge in [0.25, 0.3) is 5.91 Å². The first kappa shape index (κ1) is 14.7. The summed E-state index contributed by atoms with van der Waals surface area (Å²) in [6, 6.07) is 0. The van der Waals surface area contributed by atoms with Crippen LogP contribution in [0.3, 0.4) is 0 Å². The molecule has 1 amide bonds. The molecular formula is C15H23NO2. The largest absolute Gasteiger partial charge is 0.392 e. The molecule has 0 saturated carbocycles. The van der Waals surface area contributed by atoms with E-state index in [0.29, 0.717) is 0 Å². The van der Waals surface area contributed by atoms with Crippen molar-refractivity contribution in [2.75, 3.05) is 6.54 Å². The maximum absolute atomic E-state index is 12.2. The molecule has 1 aromatic carbocycles. The molecule has 0 aliphatic heterocycles. The normalized spacial score (nSPS) is 12.4. The Kier molecular flexibility index (Phi) is 4.52. The van der Waals surface area contributed by atoms with Crippen molar-refractivity contribution in [3.8, 4) is 0 Å². The van der Waals surface area contributed by atoms with E-state index in [9.17, 15) is 9.90 Å². The first-order chi connectivity index (χ1) is 8.27. The molecule has 1 atom stereocenters. The van der Waals surface area contributed by atoms with Gasteiger partial charge in [-0.1, -0.05) is 0 Å². The van der Waals surface area contributed by atoms with Crippen LogP contribution in [-0.2, 0) is 0 Å². The number of amides is 1. The van der Waals surface area contributed by atoms with Crippen LogP contribution in [0, 0.1) is 34.6 Å². The average molecular weight is 249 g/mol. The number of carbonyl (C=O) groups excluding carboxylic acids is 1. The SMILES string of the molecule is Cc1c(C)c(C)c(C(=O)NC[C@H](C)O)c(C)c1C. The van der Waals surface area contributed by atoms with Crippen molar-refractivity contribution in [2.24, 2.45) is 0 Å². The first-order valence-corrected chi connectivity index (χ1v) is 6.30. The lowest BCUT2D eigenvalue weighted by atomic mass is 9.89. The quantitative estimate of drug-likeness (QED) is 0.864. The highest BCUT2D eigenvalue weighted by molar-refractivity contribution is 5.98. The van der Waals surface area contributed by atoms with Crippen LogP contribution in [0.15, 0.2) is 0 Å². The fourth-order valence-corrected chi connectivity index (χ4v) is 2.17. The van der Waals surface area contributed by atoms with Gasteiger partial charge >= 0.3 is 0 Å². The van der Waals surface area contributed by atoms with Gasteiger partial charge in [0.05, 0.1) is 6.10 Å². The van der Waals surface area contributed by atoms with E-state index in [1.54, 1.807) is 6.92 Å². The molecule has 18 heavy (non-hydrogen) atoms. The molecule has 0 aromatic heterocycles. The van der Waals surface area contributed by atoms with Crippen molar-refractivity contribution < 1.29 is 9.90 Å². The van der Waals surface area contributed by atoms with Gasteiger partial charge in [0.1, 0.15) is 0 Å². The lowest BCUT2D eigenvalue weighted by molar-refractivity contribution is 0.0922. The van der Waals surface area contributed by atoms with Gasteiger partial charge in [-0.25, -0.2) is 0 Å². The Hall–Kier alpha value is -1.35. The van der Waals surface area contributed by atoms with Crippen LogP contribution in [0.2, 0.25) is 0 Å². The van der Waals surface area contributed by atoms with Gasteiger partial charge < -0.3 is 10.4 Å². The van der Waals surface area contributed by atoms with E-state index in [0.717, 1.165) is 16.7 Å². The highest BCUT2D eigenvalue weighted by atomic mass is 16.3. The molecule has 0 spiro atoms. The highest BCUT2D eigenvalue weighted by Crippen LogP contribution is 2.25. The van der Waals surface area contributed by atoms with E-state index >= 15 is 0 Å². The van der Waals surface area contributed by atoms with Crippen LogP contribution < -0.4 is 5.32 Å². The lowest BCUT2D eigenvalue weighted by Gasteiger charge is -2.18. The van der Waals surface area contributed by atoms with E-state index in [2.05, 4.69) is 12.2 Å². The highest BCUT2D eigenvalue weighted by Gasteiger charge is 2.17. The number of aliphatic hydroxyl groups is 1. The summed E-state index contributed by atoms with van der Waals surface area (Å²) in [7, 11) is 0. The summed E-state index contributed by atoms with van der Waals surface area (Å²) in [5.41, 5.74) is 6.38. The van der Waals surface area contributed by atoms with Gasteiger partial charge in [-0.3, -0.25) is 4.79 Å². The Morgan fingerprint density at radius 1 is 1.00 bits per heavy atom. The Labute approximate surface area is 109 Å². The zero-order valence-corrected chi connectivity index (χ0v) is 12.1. The Balaban J connectivity index is 3.21. The minimum atomic E-state index is -0.526. The standard InChI is InChI=1S/C15H23NO2/c1-8(17)7-16-15(18)14-12(5)10(3)9(2)11(4)13(14)6/h8,17H,7H2,1-6H3,(H,16,18)/t8-/m0/s1. The Morgan fingerprint density at radius 3 is 1.78 bits per heavy atom. The molecule has 1 aromatic rings. The zero-order chi connectivity index (χ0) is 14.0. The number of benzene rings is 1. The van der Waals surface area contributed by atoms with Crippen LogP contribution in [-0.4, -0.2) is 23.7 Å². The first-order valence-electron chi connectivity index (χ1n) is 6.30. The Bertz CT molecular complexity index is 447. The van der Waals surface area contributed by atoms with Gasteiger partial charge in [0.15, 0.2) is 0 Å². The summed E-state index contributed by atoms with van der Waals surface area (Å²) < 4.78 is 0. The lowest BCUT2D eigenvalue weighted by Crippen LogP contribution is -2.32. The van der Waals surface area contributed by atoms with Crippen molar-refractivity contribution in [1.29, 1.82) is 0 Å². The third-order valence-corrected chi connectivity index (χ3v) is 3.79. The predicted octanol–water partition coefficient (Wildman–Crippen LogP) is 2.34. The van der Waals surface area contributed by atoms with E-state index in [1.165, 1.54) is 16.7 Å². The third kappa shape index (κ3) is 2.72. The van der Waals surface area contributed by atoms with Gasteiger partial charge in [-0.2, -0.15) is 0 Å². The number of aliphatic hydroxyl groups excluding tert-OH is 1. The van der Waals surface area contributed by atoms with E-state index in [-0.39, 0.29) is 12.5 Å². The summed E-state index contributed by atoms with van der Waals surface area (Å²) >= 11 is 0. The molecular weight excluding hydrogens is 226 g/mol. The number of hydrogen-bond acceptors (Lipinski definition) is 2. The second-order valence-corrected chi connectivity index (χ2v) is 5.06. The monoisotopic (exact) mass is 249 g/mol. The van der Waals surface area contributed by atoms with Crippen LogP contribution >= 0.6 is 0 Å². The van der Waals surface area contributed by atoms with Crippen molar-refractivity contribution in [3.63, 3.8) is 0 Å². The number of carbonyl (C=O) groups is 1. The summed E-state index contributed by atoms with van der Waals surface area (Å²) in [6.45, 7) is 12.1. The van der Waals surface area contributed by atoms with Gasteiger partial charge in [-0.15, -0.1) is 0 Å². The van der Waals surface area contributed by atoms with Crippen molar-refractivity contribution >= 4 is 5.91 Å². The molecule has 0 heterocycles. The molecule has 0 bridgehead atoms. The summed E-state index contributed by atoms with van der Waals surface area (Å²) in [4.78, 5) is 12.2. The third-order valence-electron chi connectivity index (χ3n) is 3.79. The summed E-state index contributed by atoms with van der Waals surface area (Å²) in [5.74, 6) is -0.0999. The van der Waals surface area contributed by atoms with Gasteiger partial charge in [0.2, 0.25) is 0 Å². The molecule has 0 fully saturated rings. The maximum atomic E-state index is 12.2. The fraction of sp³-hybridized carbons (Fsp3) is 0.533. The van der Waals surface area contributed by atoms with Crippen LogP contribution in [0.25, 0.3) is 0 Å². The molecule has 0 saturated heterocycles. The Morgan fingerprint density at radius 2 is 1.39 bits per heavy atom. The van der Waals surface area contributed by atoms with Crippen LogP contribution in [0.1, 0.15) is 45.1 Å². The van der Waals surface area contributed by atoms with Crippen molar-refractivity contribution in [3.05, 3.63) is 33.4 Å². The second-order valence-electron chi connectivity index (χ2n) is 5.06. The smallest absolute Gasteiger partial charge is 0.251 e. The summed E-state index contributed by atoms with van der Waals surface area (Å²) in [5, 5.41) is 12.0. The van der Waals surface area contributed by atoms with E-state index in [4.69, 9.17) is 0 Å². The minimum Gasteiger partial charge on any atom is -0.392 e. The molecule has 0 aliphatic rings. The summed E-state index contributed by atoms with van der Waals surface area (Å²) in [6.07, 6.45) is -0.526. The van der Waals surface area contributed by atoms with Gasteiger partial charge in [-0.05, 0) is 69.4 Å². The molecule has 3 heteroatoms. The number of hydrogen-bond donors (Lipinski definition) is 2. The average Bonchev–Trinajstić information content (AvgIpc) is 2.31. The molecule has 100 valence electrons. The molecule has 3 nitrogen and oxygen atoms in total. The molecule has 0 radical (unpaired) electrons. The van der Waals surface area contributed by atoms with E-state index < -0.39 is 6.10 Å². The topological polar surface area (TPSA) is 49.3 Å². The predicted molar refractivity (Wildman–Crippen MR) is 74.1 cm³/mol. The van der Waals surface area contributed by atoms with Crippen molar-refractivity contribution in [2.45, 2.75) is 47.6 Å². The maximum Gasteiger partial charge on any atom is 0.251 e. The molecule has 2 N–H and O–H groups in total. The minimum absolute atomic E-state index is 0.0999. The van der Waals surface area contributed by atoms with Crippen LogP contribution in [0.4, 0.5) is 0 Å². The number of rotatable bonds is 3. The zero-order valence-electron chi connectivity index (χ0n) is 12.1. The van der Waals surface area contributed by atoms with Crippen molar-refractivity contribution in [1.82, 2.24) is 5.32 Å². The second kappa shape index (κ2) is 5.53. The molecule has 0 unspecified atom stereocenters. The van der Waals surface area contributed by atoms with Gasteiger partial charge in [0, 0.05) is 12.1 Å².